The molecule has 2 nitrogen and oxygen atoms in total. The van der Waals surface area contributed by atoms with E-state index in [9.17, 15) is 0 Å². The Labute approximate surface area is 96.5 Å². The molecular weight excluding hydrogens is 244 g/mol. The van der Waals surface area contributed by atoms with Crippen LogP contribution < -0.4 is 0 Å². The van der Waals surface area contributed by atoms with Crippen molar-refractivity contribution in [2.24, 2.45) is 0 Å². The fraction of sp³-hybridized carbons (Fsp3) is 1.00. The molecule has 0 fully saturated rings. The first-order valence-corrected chi connectivity index (χ1v) is 6.20. The molecule has 0 aliphatic heterocycles. The van der Waals surface area contributed by atoms with Gasteiger partial charge in [-0.15, -0.1) is 0 Å². The molecule has 3 heteroatoms. The van der Waals surface area contributed by atoms with Crippen LogP contribution >= 0.6 is 15.9 Å². The van der Waals surface area contributed by atoms with Gasteiger partial charge in [0.25, 0.3) is 0 Å². The van der Waals surface area contributed by atoms with Crippen LogP contribution in [0.15, 0.2) is 0 Å². The molecule has 0 amide bonds. The van der Waals surface area contributed by atoms with Gasteiger partial charge in [0.2, 0.25) is 0 Å². The van der Waals surface area contributed by atoms with Crippen molar-refractivity contribution in [3.8, 4) is 0 Å². The SMILES string of the molecule is COC(C)(C)CCOC(C)(C)CCBr. The predicted molar refractivity (Wildman–Crippen MR) is 64.1 cm³/mol. The first kappa shape index (κ1) is 14.4. The van der Waals surface area contributed by atoms with Crippen LogP contribution in [0.3, 0.4) is 0 Å². The molecule has 0 N–H and O–H groups in total. The fourth-order valence-corrected chi connectivity index (χ4v) is 1.93. The first-order chi connectivity index (χ1) is 6.33. The van der Waals surface area contributed by atoms with Gasteiger partial charge in [-0.05, 0) is 40.5 Å². The number of hydrogen-bond donors (Lipinski definition) is 0. The molecule has 0 saturated heterocycles. The minimum absolute atomic E-state index is 0.0344. The summed E-state index contributed by atoms with van der Waals surface area (Å²) in [6, 6.07) is 0. The zero-order valence-corrected chi connectivity index (χ0v) is 11.6. The van der Waals surface area contributed by atoms with Gasteiger partial charge in [0.05, 0.1) is 17.8 Å². The maximum absolute atomic E-state index is 5.80. The lowest BCUT2D eigenvalue weighted by atomic mass is 10.0. The van der Waals surface area contributed by atoms with E-state index in [0.29, 0.717) is 0 Å². The zero-order valence-electron chi connectivity index (χ0n) is 10.0. The van der Waals surface area contributed by atoms with E-state index in [1.165, 1.54) is 0 Å². The molecule has 0 aromatic heterocycles. The third-order valence-corrected chi connectivity index (χ3v) is 2.84. The second-order valence-corrected chi connectivity index (χ2v) is 5.55. The Hall–Kier alpha value is 0.400. The number of ether oxygens (including phenoxy) is 2. The Morgan fingerprint density at radius 3 is 2.00 bits per heavy atom. The van der Waals surface area contributed by atoms with Gasteiger partial charge < -0.3 is 9.47 Å². The number of methoxy groups -OCH3 is 1. The molecule has 0 unspecified atom stereocenters. The number of halogens is 1. The van der Waals surface area contributed by atoms with Gasteiger partial charge in [-0.3, -0.25) is 0 Å². The molecule has 0 atom stereocenters. The summed E-state index contributed by atoms with van der Waals surface area (Å²) in [5.41, 5.74) is -0.113. The van der Waals surface area contributed by atoms with E-state index >= 15 is 0 Å². The Kier molecular flexibility index (Phi) is 6.26. The van der Waals surface area contributed by atoms with E-state index < -0.39 is 0 Å². The summed E-state index contributed by atoms with van der Waals surface area (Å²) >= 11 is 3.43. The summed E-state index contributed by atoms with van der Waals surface area (Å²) in [6.45, 7) is 9.14. The molecule has 86 valence electrons. The predicted octanol–water partition coefficient (Wildman–Crippen LogP) is 3.38. The van der Waals surface area contributed by atoms with Gasteiger partial charge in [0, 0.05) is 12.4 Å². The van der Waals surface area contributed by atoms with Crippen molar-refractivity contribution < 1.29 is 9.47 Å². The van der Waals surface area contributed by atoms with Crippen molar-refractivity contribution in [3.05, 3.63) is 0 Å². The summed E-state index contributed by atoms with van der Waals surface area (Å²) in [5, 5.41) is 0.980. The van der Waals surface area contributed by atoms with E-state index in [0.717, 1.165) is 24.8 Å². The summed E-state index contributed by atoms with van der Waals surface area (Å²) in [7, 11) is 1.74. The Morgan fingerprint density at radius 2 is 1.57 bits per heavy atom. The monoisotopic (exact) mass is 266 g/mol. The van der Waals surface area contributed by atoms with E-state index in [1.807, 2.05) is 0 Å². The van der Waals surface area contributed by atoms with Gasteiger partial charge in [-0.1, -0.05) is 15.9 Å². The standard InChI is InChI=1S/C11H23BrO2/c1-10(2,13-5)7-9-14-11(3,4)6-8-12/h6-9H2,1-5H3. The van der Waals surface area contributed by atoms with E-state index in [2.05, 4.69) is 43.6 Å². The van der Waals surface area contributed by atoms with E-state index in [4.69, 9.17) is 9.47 Å². The van der Waals surface area contributed by atoms with E-state index in [-0.39, 0.29) is 11.2 Å². The Morgan fingerprint density at radius 1 is 1.00 bits per heavy atom. The third-order valence-electron chi connectivity index (χ3n) is 2.45. The largest absolute Gasteiger partial charge is 0.379 e. The van der Waals surface area contributed by atoms with Crippen LogP contribution in [0.5, 0.6) is 0 Å². The molecule has 0 aliphatic rings. The molecular formula is C11H23BrO2. The zero-order chi connectivity index (χ0) is 11.2. The van der Waals surface area contributed by atoms with Crippen LogP contribution in [0.25, 0.3) is 0 Å². The van der Waals surface area contributed by atoms with Crippen molar-refractivity contribution in [2.75, 3.05) is 19.0 Å². The smallest absolute Gasteiger partial charge is 0.0644 e. The van der Waals surface area contributed by atoms with Crippen molar-refractivity contribution in [1.82, 2.24) is 0 Å². The van der Waals surface area contributed by atoms with E-state index in [1.54, 1.807) is 7.11 Å². The van der Waals surface area contributed by atoms with Gasteiger partial charge in [0.1, 0.15) is 0 Å². The normalized spacial score (nSPS) is 13.3. The molecule has 0 aromatic carbocycles. The van der Waals surface area contributed by atoms with Crippen molar-refractivity contribution in [2.45, 2.75) is 51.7 Å². The topological polar surface area (TPSA) is 18.5 Å². The average Bonchev–Trinajstić information content (AvgIpc) is 2.03. The molecule has 0 bridgehead atoms. The van der Waals surface area contributed by atoms with Crippen LogP contribution in [-0.4, -0.2) is 30.2 Å². The lowest BCUT2D eigenvalue weighted by Crippen LogP contribution is -2.30. The highest BCUT2D eigenvalue weighted by Crippen LogP contribution is 2.19. The molecule has 0 spiro atoms. The molecule has 14 heavy (non-hydrogen) atoms. The lowest BCUT2D eigenvalue weighted by molar-refractivity contribution is -0.0585. The Balaban J connectivity index is 3.73. The van der Waals surface area contributed by atoms with Crippen molar-refractivity contribution in [1.29, 1.82) is 0 Å². The van der Waals surface area contributed by atoms with Crippen LogP contribution in [0.1, 0.15) is 40.5 Å². The molecule has 0 radical (unpaired) electrons. The number of rotatable bonds is 7. The third kappa shape index (κ3) is 6.80. The molecule has 0 saturated carbocycles. The summed E-state index contributed by atoms with van der Waals surface area (Å²) in [4.78, 5) is 0. The quantitative estimate of drug-likeness (QED) is 0.658. The minimum Gasteiger partial charge on any atom is -0.379 e. The summed E-state index contributed by atoms with van der Waals surface area (Å²) in [5.74, 6) is 0. The summed E-state index contributed by atoms with van der Waals surface area (Å²) in [6.07, 6.45) is 1.95. The van der Waals surface area contributed by atoms with Crippen LogP contribution in [0.4, 0.5) is 0 Å². The lowest BCUT2D eigenvalue weighted by Gasteiger charge is -2.28. The number of hydrogen-bond acceptors (Lipinski definition) is 2. The molecule has 0 rings (SSSR count). The highest BCUT2D eigenvalue weighted by Gasteiger charge is 2.21. The van der Waals surface area contributed by atoms with Gasteiger partial charge in [0.15, 0.2) is 0 Å². The maximum atomic E-state index is 5.80. The molecule has 0 aromatic rings. The fourth-order valence-electron chi connectivity index (χ4n) is 0.975. The van der Waals surface area contributed by atoms with Crippen LogP contribution in [0.2, 0.25) is 0 Å². The van der Waals surface area contributed by atoms with Gasteiger partial charge in [-0.2, -0.15) is 0 Å². The van der Waals surface area contributed by atoms with Crippen molar-refractivity contribution in [3.63, 3.8) is 0 Å². The number of alkyl halides is 1. The average molecular weight is 267 g/mol. The highest BCUT2D eigenvalue weighted by molar-refractivity contribution is 9.09. The molecule has 0 heterocycles. The van der Waals surface area contributed by atoms with Gasteiger partial charge in [-0.25, -0.2) is 0 Å². The van der Waals surface area contributed by atoms with Crippen LogP contribution in [-0.2, 0) is 9.47 Å². The minimum atomic E-state index is -0.0789. The molecule has 0 aliphatic carbocycles. The highest BCUT2D eigenvalue weighted by atomic mass is 79.9. The summed E-state index contributed by atoms with van der Waals surface area (Å²) < 4.78 is 11.1. The van der Waals surface area contributed by atoms with Crippen molar-refractivity contribution >= 4 is 15.9 Å². The second kappa shape index (κ2) is 6.09. The maximum Gasteiger partial charge on any atom is 0.0644 e. The first-order valence-electron chi connectivity index (χ1n) is 5.08. The van der Waals surface area contributed by atoms with Gasteiger partial charge >= 0.3 is 0 Å². The van der Waals surface area contributed by atoms with Crippen LogP contribution in [0, 0.1) is 0 Å². The second-order valence-electron chi connectivity index (χ2n) is 4.76. The Bertz CT molecular complexity index is 155.